The van der Waals surface area contributed by atoms with Gasteiger partial charge < -0.3 is 9.30 Å². The smallest absolute Gasteiger partial charge is 0.236 e. The molecule has 0 fully saturated rings. The van der Waals surface area contributed by atoms with E-state index in [0.717, 1.165) is 33.8 Å². The Kier molecular flexibility index (Phi) is 4.31. The first kappa shape index (κ1) is 16.5. The molecule has 4 rings (SSSR count). The largest absolute Gasteiger partial charge is 0.468 e. The van der Waals surface area contributed by atoms with Crippen LogP contribution in [0.5, 0.6) is 5.88 Å². The number of fused-ring (bicyclic) bond motifs is 1. The molecular weight excluding hydrogens is 348 g/mol. The van der Waals surface area contributed by atoms with Gasteiger partial charge in [-0.25, -0.2) is 15.0 Å². The topological polar surface area (TPSA) is 52.8 Å². The molecule has 4 aromatic rings. The molecule has 130 valence electrons. The van der Waals surface area contributed by atoms with E-state index >= 15 is 0 Å². The summed E-state index contributed by atoms with van der Waals surface area (Å²) < 4.78 is 7.85. The Morgan fingerprint density at radius 2 is 1.65 bits per heavy atom. The zero-order valence-corrected chi connectivity index (χ0v) is 15.2. The van der Waals surface area contributed by atoms with Gasteiger partial charge in [0.25, 0.3) is 0 Å². The fourth-order valence-corrected chi connectivity index (χ4v) is 2.87. The second-order valence-corrected chi connectivity index (χ2v) is 6.49. The number of hydrogen-bond donors (Lipinski definition) is 0. The van der Waals surface area contributed by atoms with Gasteiger partial charge in [-0.15, -0.1) is 0 Å². The maximum Gasteiger partial charge on any atom is 0.236 e. The molecular formula is C20H17ClN4O. The first-order chi connectivity index (χ1) is 12.6. The van der Waals surface area contributed by atoms with Gasteiger partial charge in [0.1, 0.15) is 18.1 Å². The van der Waals surface area contributed by atoms with E-state index in [1.54, 1.807) is 0 Å². The van der Waals surface area contributed by atoms with Crippen molar-refractivity contribution in [2.24, 2.45) is 7.05 Å². The molecule has 5 nitrogen and oxygen atoms in total. The van der Waals surface area contributed by atoms with Crippen LogP contribution in [-0.2, 0) is 13.7 Å². The highest BCUT2D eigenvalue weighted by Crippen LogP contribution is 2.22. The lowest BCUT2D eigenvalue weighted by atomic mass is 10.2. The Hall–Kier alpha value is -2.92. The van der Waals surface area contributed by atoms with E-state index < -0.39 is 0 Å². The number of imidazole rings is 1. The number of para-hydroxylation sites is 2. The first-order valence-corrected chi connectivity index (χ1v) is 8.62. The number of nitrogens with zero attached hydrogens (tertiary/aromatic N) is 4. The number of rotatable bonds is 4. The Morgan fingerprint density at radius 3 is 2.38 bits per heavy atom. The van der Waals surface area contributed by atoms with Gasteiger partial charge in [-0.05, 0) is 31.2 Å². The van der Waals surface area contributed by atoms with E-state index in [1.807, 2.05) is 73.3 Å². The van der Waals surface area contributed by atoms with E-state index in [4.69, 9.17) is 16.3 Å². The summed E-state index contributed by atoms with van der Waals surface area (Å²) in [6.07, 6.45) is 1.97. The normalized spacial score (nSPS) is 11.0. The van der Waals surface area contributed by atoms with Crippen molar-refractivity contribution in [2.75, 3.05) is 0 Å². The summed E-state index contributed by atoms with van der Waals surface area (Å²) >= 11 is 5.95. The second-order valence-electron chi connectivity index (χ2n) is 6.05. The molecule has 26 heavy (non-hydrogen) atoms. The molecule has 0 amide bonds. The van der Waals surface area contributed by atoms with Crippen LogP contribution < -0.4 is 4.74 Å². The quantitative estimate of drug-likeness (QED) is 0.532. The third-order valence-electron chi connectivity index (χ3n) is 4.15. The number of aryl methyl sites for hydroxylation is 2. The average Bonchev–Trinajstić information content (AvgIpc) is 3.01. The Balaban J connectivity index is 1.57. The summed E-state index contributed by atoms with van der Waals surface area (Å²) in [5.74, 6) is 1.34. The van der Waals surface area contributed by atoms with Gasteiger partial charge in [-0.1, -0.05) is 35.9 Å². The van der Waals surface area contributed by atoms with Crippen LogP contribution in [0.4, 0.5) is 0 Å². The van der Waals surface area contributed by atoms with Gasteiger partial charge >= 0.3 is 0 Å². The summed E-state index contributed by atoms with van der Waals surface area (Å²) in [6, 6.07) is 15.4. The van der Waals surface area contributed by atoms with Crippen molar-refractivity contribution in [1.82, 2.24) is 19.5 Å². The molecule has 0 atom stereocenters. The number of aromatic nitrogens is 4. The predicted molar refractivity (Wildman–Crippen MR) is 102 cm³/mol. The highest BCUT2D eigenvalue weighted by atomic mass is 35.5. The second kappa shape index (κ2) is 6.77. The molecule has 2 heterocycles. The van der Waals surface area contributed by atoms with Crippen molar-refractivity contribution in [1.29, 1.82) is 0 Å². The lowest BCUT2D eigenvalue weighted by molar-refractivity contribution is 0.278. The van der Waals surface area contributed by atoms with Gasteiger partial charge in [-0.2, -0.15) is 0 Å². The number of hydrogen-bond acceptors (Lipinski definition) is 4. The maximum atomic E-state index is 5.95. The minimum absolute atomic E-state index is 0.317. The molecule has 0 aliphatic heterocycles. The van der Waals surface area contributed by atoms with Crippen molar-refractivity contribution in [3.05, 3.63) is 71.3 Å². The van der Waals surface area contributed by atoms with Crippen molar-refractivity contribution in [2.45, 2.75) is 13.5 Å². The average molecular weight is 365 g/mol. The van der Waals surface area contributed by atoms with Gasteiger partial charge in [0.15, 0.2) is 0 Å². The van der Waals surface area contributed by atoms with Gasteiger partial charge in [0.2, 0.25) is 5.88 Å². The molecule has 0 unspecified atom stereocenters. The Morgan fingerprint density at radius 1 is 0.962 bits per heavy atom. The molecule has 0 aliphatic carbocycles. The van der Waals surface area contributed by atoms with Gasteiger partial charge in [0.05, 0.1) is 16.7 Å². The van der Waals surface area contributed by atoms with E-state index in [-0.39, 0.29) is 0 Å². The number of halogens is 1. The molecule has 0 saturated heterocycles. The van der Waals surface area contributed by atoms with Crippen molar-refractivity contribution in [3.63, 3.8) is 0 Å². The zero-order chi connectivity index (χ0) is 18.1. The van der Waals surface area contributed by atoms with Crippen molar-refractivity contribution < 1.29 is 4.74 Å². The van der Waals surface area contributed by atoms with Crippen LogP contribution >= 0.6 is 11.6 Å². The number of benzene rings is 2. The predicted octanol–water partition coefficient (Wildman–Crippen LogP) is 4.57. The summed E-state index contributed by atoms with van der Waals surface area (Å²) in [5, 5.41) is 0.707. The van der Waals surface area contributed by atoms with E-state index in [9.17, 15) is 0 Å². The molecule has 2 aromatic heterocycles. The lowest BCUT2D eigenvalue weighted by Gasteiger charge is -2.08. The third-order valence-corrected chi connectivity index (χ3v) is 4.40. The summed E-state index contributed by atoms with van der Waals surface area (Å²) in [6.45, 7) is 2.21. The molecule has 0 spiro atoms. The van der Waals surface area contributed by atoms with Gasteiger partial charge in [-0.3, -0.25) is 0 Å². The monoisotopic (exact) mass is 364 g/mol. The van der Waals surface area contributed by atoms with Crippen LogP contribution in [0.2, 0.25) is 5.02 Å². The molecule has 2 aromatic carbocycles. The van der Waals surface area contributed by atoms with Crippen LogP contribution in [0.25, 0.3) is 22.3 Å². The van der Waals surface area contributed by atoms with Crippen LogP contribution in [0, 0.1) is 6.92 Å². The molecule has 0 radical (unpaired) electrons. The molecule has 0 aliphatic rings. The van der Waals surface area contributed by atoms with E-state index in [1.165, 1.54) is 0 Å². The minimum Gasteiger partial charge on any atom is -0.468 e. The van der Waals surface area contributed by atoms with Crippen LogP contribution in [-0.4, -0.2) is 19.5 Å². The van der Waals surface area contributed by atoms with E-state index in [0.29, 0.717) is 17.5 Å². The molecule has 0 bridgehead atoms. The fraction of sp³-hybridized carbons (Fsp3) is 0.150. The fourth-order valence-electron chi connectivity index (χ4n) is 2.74. The van der Waals surface area contributed by atoms with Crippen molar-refractivity contribution in [3.8, 4) is 17.1 Å². The lowest BCUT2D eigenvalue weighted by Crippen LogP contribution is -2.05. The third kappa shape index (κ3) is 3.26. The SMILES string of the molecule is Cc1nc2ccccc2nc1OCc1nc(-c2ccc(Cl)cc2)cn1C. The zero-order valence-electron chi connectivity index (χ0n) is 14.5. The van der Waals surface area contributed by atoms with Crippen LogP contribution in [0.15, 0.2) is 54.7 Å². The van der Waals surface area contributed by atoms with Gasteiger partial charge in [0, 0.05) is 23.8 Å². The molecule has 6 heteroatoms. The highest BCUT2D eigenvalue weighted by Gasteiger charge is 2.11. The summed E-state index contributed by atoms with van der Waals surface area (Å²) in [7, 11) is 1.95. The summed E-state index contributed by atoms with van der Waals surface area (Å²) in [5.41, 5.74) is 4.33. The maximum absolute atomic E-state index is 5.95. The summed E-state index contributed by atoms with van der Waals surface area (Å²) in [4.78, 5) is 13.8. The number of ether oxygens (including phenoxy) is 1. The minimum atomic E-state index is 0.317. The standard InChI is InChI=1S/C20H17ClN4O/c1-13-20(24-17-6-4-3-5-16(17)22-13)26-12-19-23-18(11-25(19)2)14-7-9-15(21)10-8-14/h3-11H,12H2,1-2H3. The molecule has 0 N–H and O–H groups in total. The molecule has 0 saturated carbocycles. The van der Waals surface area contributed by atoms with Crippen LogP contribution in [0.3, 0.4) is 0 Å². The first-order valence-electron chi connectivity index (χ1n) is 8.24. The van der Waals surface area contributed by atoms with E-state index in [2.05, 4.69) is 15.0 Å². The van der Waals surface area contributed by atoms with Crippen molar-refractivity contribution >= 4 is 22.6 Å². The Labute approximate surface area is 156 Å². The highest BCUT2D eigenvalue weighted by molar-refractivity contribution is 6.30. The Bertz CT molecular complexity index is 1070. The van der Waals surface area contributed by atoms with Crippen LogP contribution in [0.1, 0.15) is 11.5 Å².